The number of likely N-dealkylation sites (tertiary alicyclic amines) is 1. The van der Waals surface area contributed by atoms with E-state index in [1.165, 1.54) is 16.7 Å². The van der Waals surface area contributed by atoms with Gasteiger partial charge in [0.1, 0.15) is 0 Å². The van der Waals surface area contributed by atoms with Crippen LogP contribution in [0.25, 0.3) is 0 Å². The molecule has 0 saturated carbocycles. The van der Waals surface area contributed by atoms with Gasteiger partial charge in [-0.1, -0.05) is 30.3 Å². The summed E-state index contributed by atoms with van der Waals surface area (Å²) in [6, 6.07) is 14.7. The van der Waals surface area contributed by atoms with E-state index in [9.17, 15) is 4.79 Å². The van der Waals surface area contributed by atoms with E-state index < -0.39 is 0 Å². The average molecular weight is 395 g/mol. The highest BCUT2D eigenvalue weighted by molar-refractivity contribution is 5.78. The molecule has 29 heavy (non-hydrogen) atoms. The van der Waals surface area contributed by atoms with Gasteiger partial charge in [0.2, 0.25) is 5.91 Å². The average Bonchev–Trinajstić information content (AvgIpc) is 3.03. The van der Waals surface area contributed by atoms with Crippen LogP contribution in [0.1, 0.15) is 55.0 Å². The zero-order valence-electron chi connectivity index (χ0n) is 17.3. The Hall–Kier alpha value is -2.53. The Bertz CT molecular complexity index is 867. The van der Waals surface area contributed by atoms with E-state index in [-0.39, 0.29) is 18.0 Å². The molecule has 2 unspecified atom stereocenters. The number of benzene rings is 2. The Morgan fingerprint density at radius 1 is 1.14 bits per heavy atom. The highest BCUT2D eigenvalue weighted by atomic mass is 16.5. The van der Waals surface area contributed by atoms with Crippen LogP contribution >= 0.6 is 0 Å². The van der Waals surface area contributed by atoms with Gasteiger partial charge in [0, 0.05) is 12.5 Å². The van der Waals surface area contributed by atoms with Crippen molar-refractivity contribution >= 4 is 5.91 Å². The number of ether oxygens (including phenoxy) is 2. The predicted octanol–water partition coefficient (Wildman–Crippen LogP) is 4.17. The second-order valence-corrected chi connectivity index (χ2v) is 8.03. The minimum atomic E-state index is 0.00259. The fraction of sp³-hybridized carbons (Fsp3) is 0.458. The van der Waals surface area contributed by atoms with Crippen molar-refractivity contribution < 1.29 is 14.3 Å². The van der Waals surface area contributed by atoms with Gasteiger partial charge in [-0.2, -0.15) is 0 Å². The van der Waals surface area contributed by atoms with Crippen molar-refractivity contribution in [1.29, 1.82) is 0 Å². The summed E-state index contributed by atoms with van der Waals surface area (Å²) in [5, 5.41) is 3.17. The van der Waals surface area contributed by atoms with Crippen molar-refractivity contribution in [1.82, 2.24) is 10.2 Å². The Labute approximate surface area is 173 Å². The van der Waals surface area contributed by atoms with Gasteiger partial charge in [-0.05, 0) is 62.1 Å². The van der Waals surface area contributed by atoms with E-state index in [0.29, 0.717) is 19.8 Å². The topological polar surface area (TPSA) is 50.8 Å². The molecule has 2 heterocycles. The fourth-order valence-corrected chi connectivity index (χ4v) is 4.40. The molecule has 2 atom stereocenters. The molecule has 1 N–H and O–H groups in total. The number of carbonyl (C=O) groups is 1. The van der Waals surface area contributed by atoms with Gasteiger partial charge in [0.25, 0.3) is 0 Å². The SMILES string of the molecule is Cc1ccccc1C(C)NC(=O)CN1CCCC1c1ccc2c(c1)OCCCO2. The first kappa shape index (κ1) is 19.8. The van der Waals surface area contributed by atoms with Gasteiger partial charge in [0.05, 0.1) is 25.8 Å². The molecule has 2 aromatic carbocycles. The van der Waals surface area contributed by atoms with E-state index in [2.05, 4.69) is 41.4 Å². The van der Waals surface area contributed by atoms with Gasteiger partial charge in [-0.25, -0.2) is 0 Å². The Balaban J connectivity index is 1.41. The maximum absolute atomic E-state index is 12.8. The van der Waals surface area contributed by atoms with E-state index in [0.717, 1.165) is 37.3 Å². The monoisotopic (exact) mass is 394 g/mol. The molecule has 0 radical (unpaired) electrons. The zero-order valence-corrected chi connectivity index (χ0v) is 17.3. The summed E-state index contributed by atoms with van der Waals surface area (Å²) in [6.07, 6.45) is 3.05. The first-order valence-electron chi connectivity index (χ1n) is 10.6. The smallest absolute Gasteiger partial charge is 0.234 e. The van der Waals surface area contributed by atoms with Gasteiger partial charge in [-0.3, -0.25) is 9.69 Å². The Morgan fingerprint density at radius 2 is 1.93 bits per heavy atom. The van der Waals surface area contributed by atoms with Crippen molar-refractivity contribution in [2.24, 2.45) is 0 Å². The molecular weight excluding hydrogens is 364 g/mol. The van der Waals surface area contributed by atoms with E-state index in [1.54, 1.807) is 0 Å². The van der Waals surface area contributed by atoms with Crippen molar-refractivity contribution in [3.63, 3.8) is 0 Å². The van der Waals surface area contributed by atoms with Crippen LogP contribution in [0.3, 0.4) is 0 Å². The molecule has 1 saturated heterocycles. The highest BCUT2D eigenvalue weighted by Crippen LogP contribution is 2.37. The summed E-state index contributed by atoms with van der Waals surface area (Å²) >= 11 is 0. The van der Waals surface area contributed by atoms with Gasteiger partial charge < -0.3 is 14.8 Å². The molecule has 2 aromatic rings. The van der Waals surface area contributed by atoms with Crippen LogP contribution in [0.4, 0.5) is 0 Å². The maximum atomic E-state index is 12.8. The van der Waals surface area contributed by atoms with E-state index in [4.69, 9.17) is 9.47 Å². The minimum Gasteiger partial charge on any atom is -0.490 e. The van der Waals surface area contributed by atoms with E-state index in [1.807, 2.05) is 25.1 Å². The lowest BCUT2D eigenvalue weighted by atomic mass is 10.0. The second kappa shape index (κ2) is 8.87. The molecule has 0 aromatic heterocycles. The molecule has 2 aliphatic heterocycles. The van der Waals surface area contributed by atoms with Gasteiger partial charge >= 0.3 is 0 Å². The predicted molar refractivity (Wildman–Crippen MR) is 113 cm³/mol. The summed E-state index contributed by atoms with van der Waals surface area (Å²) in [6.45, 7) is 6.86. The molecule has 0 bridgehead atoms. The fourth-order valence-electron chi connectivity index (χ4n) is 4.40. The van der Waals surface area contributed by atoms with Crippen LogP contribution in [0.5, 0.6) is 11.5 Å². The Kier molecular flexibility index (Phi) is 6.05. The number of amides is 1. The molecule has 0 spiro atoms. The van der Waals surface area contributed by atoms with Crippen LogP contribution in [0, 0.1) is 6.92 Å². The summed E-state index contributed by atoms with van der Waals surface area (Å²) in [5.41, 5.74) is 3.57. The molecule has 5 heteroatoms. The first-order valence-corrected chi connectivity index (χ1v) is 10.6. The second-order valence-electron chi connectivity index (χ2n) is 8.03. The van der Waals surface area contributed by atoms with Crippen molar-refractivity contribution in [3.8, 4) is 11.5 Å². The van der Waals surface area contributed by atoms with Crippen LogP contribution in [0.15, 0.2) is 42.5 Å². The van der Waals surface area contributed by atoms with E-state index >= 15 is 0 Å². The molecule has 1 fully saturated rings. The number of nitrogens with one attached hydrogen (secondary N) is 1. The van der Waals surface area contributed by atoms with Crippen molar-refractivity contribution in [3.05, 3.63) is 59.2 Å². The number of carbonyl (C=O) groups excluding carboxylic acids is 1. The van der Waals surface area contributed by atoms with Crippen LogP contribution < -0.4 is 14.8 Å². The lowest BCUT2D eigenvalue weighted by Crippen LogP contribution is -2.38. The summed E-state index contributed by atoms with van der Waals surface area (Å²) in [7, 11) is 0. The number of hydrogen-bond acceptors (Lipinski definition) is 4. The number of fused-ring (bicyclic) bond motifs is 1. The quantitative estimate of drug-likeness (QED) is 0.827. The number of nitrogens with zero attached hydrogens (tertiary/aromatic N) is 1. The summed E-state index contributed by atoms with van der Waals surface area (Å²) in [5.74, 6) is 1.71. The van der Waals surface area contributed by atoms with Crippen LogP contribution in [0.2, 0.25) is 0 Å². The normalized spacial score (nSPS) is 20.1. The van der Waals surface area contributed by atoms with Gasteiger partial charge in [0.15, 0.2) is 11.5 Å². The Morgan fingerprint density at radius 3 is 2.76 bits per heavy atom. The molecule has 4 rings (SSSR count). The number of rotatable bonds is 5. The first-order chi connectivity index (χ1) is 14.1. The maximum Gasteiger partial charge on any atom is 0.234 e. The third-order valence-electron chi connectivity index (χ3n) is 5.90. The molecule has 5 nitrogen and oxygen atoms in total. The summed E-state index contributed by atoms with van der Waals surface area (Å²) in [4.78, 5) is 15.0. The van der Waals surface area contributed by atoms with Crippen LogP contribution in [-0.4, -0.2) is 37.1 Å². The van der Waals surface area contributed by atoms with Crippen LogP contribution in [-0.2, 0) is 4.79 Å². The number of hydrogen-bond donors (Lipinski definition) is 1. The number of aryl methyl sites for hydroxylation is 1. The van der Waals surface area contributed by atoms with Crippen molar-refractivity contribution in [2.45, 2.75) is 45.2 Å². The molecule has 0 aliphatic carbocycles. The summed E-state index contributed by atoms with van der Waals surface area (Å²) < 4.78 is 11.6. The zero-order chi connectivity index (χ0) is 20.2. The van der Waals surface area contributed by atoms with Gasteiger partial charge in [-0.15, -0.1) is 0 Å². The molecular formula is C24H30N2O3. The molecule has 154 valence electrons. The standard InChI is InChI=1S/C24H30N2O3/c1-17-7-3-4-8-20(17)18(2)25-24(27)16-26-12-5-9-21(26)19-10-11-22-23(15-19)29-14-6-13-28-22/h3-4,7-8,10-11,15,18,21H,5-6,9,12-14,16H2,1-2H3,(H,25,27). The largest absolute Gasteiger partial charge is 0.490 e. The lowest BCUT2D eigenvalue weighted by molar-refractivity contribution is -0.123. The minimum absolute atomic E-state index is 0.00259. The highest BCUT2D eigenvalue weighted by Gasteiger charge is 2.29. The lowest BCUT2D eigenvalue weighted by Gasteiger charge is -2.26. The molecule has 2 aliphatic rings. The third kappa shape index (κ3) is 4.56. The third-order valence-corrected chi connectivity index (χ3v) is 5.90. The molecule has 1 amide bonds. The van der Waals surface area contributed by atoms with Crippen molar-refractivity contribution in [2.75, 3.05) is 26.3 Å².